The van der Waals surface area contributed by atoms with Gasteiger partial charge in [0.15, 0.2) is 17.5 Å². The van der Waals surface area contributed by atoms with E-state index < -0.39 is 0 Å². The van der Waals surface area contributed by atoms with Gasteiger partial charge in [0.1, 0.15) is 0 Å². The molecule has 0 saturated carbocycles. The van der Waals surface area contributed by atoms with Crippen LogP contribution in [0.1, 0.15) is 25.0 Å². The monoisotopic (exact) mass is 653 g/mol. The zero-order valence-electron chi connectivity index (χ0n) is 28.6. The van der Waals surface area contributed by atoms with Gasteiger partial charge in [0.2, 0.25) is 0 Å². The Morgan fingerprint density at radius 3 is 1.22 bits per heavy atom. The lowest BCUT2D eigenvalue weighted by atomic mass is 9.82. The number of fused-ring (bicyclic) bond motifs is 3. The van der Waals surface area contributed by atoms with Gasteiger partial charge in [-0.15, -0.1) is 0 Å². The summed E-state index contributed by atoms with van der Waals surface area (Å²) in [5, 5.41) is 0. The first kappa shape index (κ1) is 30.6. The molecule has 0 atom stereocenters. The standard InChI is InChI=1S/C48H35N3/c1-48(2)43-21-13-12-20-41(43)42-31-37(26-27-44(42)48)47-50-45(35-18-10-5-11-19-35)49-46(51-47)36-24-22-34(23-25-36)40-29-38(32-14-6-3-7-15-32)28-39(30-40)33-16-8-4-9-17-33/h3-31H,1-2H3. The molecule has 0 bridgehead atoms. The first-order valence-corrected chi connectivity index (χ1v) is 17.4. The van der Waals surface area contributed by atoms with Crippen molar-refractivity contribution in [1.29, 1.82) is 0 Å². The molecule has 7 aromatic carbocycles. The fourth-order valence-electron chi connectivity index (χ4n) is 7.41. The Morgan fingerprint density at radius 1 is 0.294 bits per heavy atom. The third-order valence-electron chi connectivity index (χ3n) is 10.1. The van der Waals surface area contributed by atoms with Crippen LogP contribution in [0.5, 0.6) is 0 Å². The van der Waals surface area contributed by atoms with Gasteiger partial charge in [-0.25, -0.2) is 15.0 Å². The molecular formula is C48H35N3. The van der Waals surface area contributed by atoms with Crippen molar-refractivity contribution in [2.45, 2.75) is 19.3 Å². The maximum atomic E-state index is 5.10. The predicted octanol–water partition coefficient (Wildman–Crippen LogP) is 12.2. The molecule has 8 aromatic rings. The van der Waals surface area contributed by atoms with E-state index in [0.29, 0.717) is 17.5 Å². The van der Waals surface area contributed by atoms with E-state index in [1.165, 1.54) is 44.5 Å². The zero-order valence-corrected chi connectivity index (χ0v) is 28.6. The smallest absolute Gasteiger partial charge is 0.164 e. The fraction of sp³-hybridized carbons (Fsp3) is 0.0625. The summed E-state index contributed by atoms with van der Waals surface area (Å²) in [6.07, 6.45) is 0. The van der Waals surface area contributed by atoms with E-state index in [9.17, 15) is 0 Å². The van der Waals surface area contributed by atoms with Crippen LogP contribution in [0.2, 0.25) is 0 Å². The number of hydrogen-bond donors (Lipinski definition) is 0. The quantitative estimate of drug-likeness (QED) is 0.179. The molecule has 0 radical (unpaired) electrons. The Morgan fingerprint density at radius 2 is 0.667 bits per heavy atom. The second-order valence-electron chi connectivity index (χ2n) is 13.7. The summed E-state index contributed by atoms with van der Waals surface area (Å²) in [7, 11) is 0. The topological polar surface area (TPSA) is 38.7 Å². The second-order valence-corrected chi connectivity index (χ2v) is 13.7. The molecule has 0 spiro atoms. The highest BCUT2D eigenvalue weighted by Crippen LogP contribution is 2.49. The SMILES string of the molecule is CC1(C)c2ccccc2-c2cc(-c3nc(-c4ccccc4)nc(-c4ccc(-c5cc(-c6ccccc6)cc(-c6ccccc6)c5)cc4)n3)ccc21. The van der Waals surface area contributed by atoms with Crippen molar-refractivity contribution in [3.8, 4) is 78.7 Å². The van der Waals surface area contributed by atoms with Gasteiger partial charge in [-0.05, 0) is 79.9 Å². The number of rotatable bonds is 6. The van der Waals surface area contributed by atoms with Crippen molar-refractivity contribution in [2.24, 2.45) is 0 Å². The maximum Gasteiger partial charge on any atom is 0.164 e. The highest BCUT2D eigenvalue weighted by Gasteiger charge is 2.35. The molecule has 9 rings (SSSR count). The molecule has 0 unspecified atom stereocenters. The minimum Gasteiger partial charge on any atom is -0.208 e. The molecule has 3 nitrogen and oxygen atoms in total. The summed E-state index contributed by atoms with van der Waals surface area (Å²) in [4.78, 5) is 15.2. The molecule has 0 aliphatic heterocycles. The zero-order chi connectivity index (χ0) is 34.4. The molecule has 0 saturated heterocycles. The van der Waals surface area contributed by atoms with Crippen molar-refractivity contribution in [3.63, 3.8) is 0 Å². The van der Waals surface area contributed by atoms with Gasteiger partial charge in [-0.2, -0.15) is 0 Å². The fourth-order valence-corrected chi connectivity index (χ4v) is 7.41. The average Bonchev–Trinajstić information content (AvgIpc) is 3.44. The summed E-state index contributed by atoms with van der Waals surface area (Å²) in [5.41, 5.74) is 15.1. The van der Waals surface area contributed by atoms with Gasteiger partial charge < -0.3 is 0 Å². The van der Waals surface area contributed by atoms with Crippen molar-refractivity contribution >= 4 is 0 Å². The lowest BCUT2D eigenvalue weighted by Gasteiger charge is -2.21. The van der Waals surface area contributed by atoms with Gasteiger partial charge in [0.25, 0.3) is 0 Å². The lowest BCUT2D eigenvalue weighted by Crippen LogP contribution is -2.14. The maximum absolute atomic E-state index is 5.10. The van der Waals surface area contributed by atoms with Crippen LogP contribution in [-0.4, -0.2) is 15.0 Å². The van der Waals surface area contributed by atoms with E-state index in [-0.39, 0.29) is 5.41 Å². The molecular weight excluding hydrogens is 619 g/mol. The predicted molar refractivity (Wildman–Crippen MR) is 210 cm³/mol. The van der Waals surface area contributed by atoms with Crippen molar-refractivity contribution in [2.75, 3.05) is 0 Å². The molecule has 0 N–H and O–H groups in total. The summed E-state index contributed by atoms with van der Waals surface area (Å²) < 4.78 is 0. The minimum absolute atomic E-state index is 0.0614. The lowest BCUT2D eigenvalue weighted by molar-refractivity contribution is 0.660. The molecule has 1 aliphatic rings. The Hall–Kier alpha value is -6.45. The molecule has 1 heterocycles. The highest BCUT2D eigenvalue weighted by atomic mass is 15.0. The van der Waals surface area contributed by atoms with Crippen LogP contribution in [0, 0.1) is 0 Å². The Bertz CT molecular complexity index is 2460. The Balaban J connectivity index is 1.14. The normalized spacial score (nSPS) is 12.7. The number of nitrogens with zero attached hydrogens (tertiary/aromatic N) is 3. The van der Waals surface area contributed by atoms with Crippen LogP contribution in [0.25, 0.3) is 78.7 Å². The van der Waals surface area contributed by atoms with E-state index in [2.05, 4.69) is 172 Å². The minimum atomic E-state index is -0.0614. The molecule has 1 aliphatic carbocycles. The van der Waals surface area contributed by atoms with Crippen LogP contribution >= 0.6 is 0 Å². The summed E-state index contributed by atoms with van der Waals surface area (Å²) in [5.74, 6) is 1.97. The van der Waals surface area contributed by atoms with Crippen LogP contribution in [0.15, 0.2) is 176 Å². The second kappa shape index (κ2) is 12.5. The third kappa shape index (κ3) is 5.63. The van der Waals surface area contributed by atoms with Crippen molar-refractivity contribution < 1.29 is 0 Å². The first-order valence-electron chi connectivity index (χ1n) is 17.4. The van der Waals surface area contributed by atoms with E-state index in [0.717, 1.165) is 27.8 Å². The molecule has 51 heavy (non-hydrogen) atoms. The third-order valence-corrected chi connectivity index (χ3v) is 10.1. The van der Waals surface area contributed by atoms with E-state index in [4.69, 9.17) is 15.0 Å². The van der Waals surface area contributed by atoms with Gasteiger partial charge in [-0.3, -0.25) is 0 Å². The van der Waals surface area contributed by atoms with Crippen molar-refractivity contribution in [1.82, 2.24) is 15.0 Å². The summed E-state index contributed by atoms with van der Waals surface area (Å²) in [6, 6.07) is 62.1. The van der Waals surface area contributed by atoms with Gasteiger partial charge in [0.05, 0.1) is 0 Å². The summed E-state index contributed by atoms with van der Waals surface area (Å²) in [6.45, 7) is 4.60. The molecule has 0 fully saturated rings. The molecule has 1 aromatic heterocycles. The highest BCUT2D eigenvalue weighted by molar-refractivity contribution is 5.85. The van der Waals surface area contributed by atoms with Gasteiger partial charge in [-0.1, -0.05) is 166 Å². The first-order chi connectivity index (χ1) is 25.0. The summed E-state index contributed by atoms with van der Waals surface area (Å²) >= 11 is 0. The van der Waals surface area contributed by atoms with E-state index in [1.807, 2.05) is 18.2 Å². The van der Waals surface area contributed by atoms with Crippen LogP contribution < -0.4 is 0 Å². The van der Waals surface area contributed by atoms with Gasteiger partial charge >= 0.3 is 0 Å². The van der Waals surface area contributed by atoms with Crippen LogP contribution in [0.3, 0.4) is 0 Å². The molecule has 0 amide bonds. The van der Waals surface area contributed by atoms with Gasteiger partial charge in [0, 0.05) is 22.1 Å². The van der Waals surface area contributed by atoms with Crippen LogP contribution in [0.4, 0.5) is 0 Å². The largest absolute Gasteiger partial charge is 0.208 e. The van der Waals surface area contributed by atoms with E-state index in [1.54, 1.807) is 0 Å². The average molecular weight is 654 g/mol. The van der Waals surface area contributed by atoms with E-state index >= 15 is 0 Å². The Kier molecular flexibility index (Phi) is 7.48. The molecule has 242 valence electrons. The van der Waals surface area contributed by atoms with Crippen LogP contribution in [-0.2, 0) is 5.41 Å². The number of hydrogen-bond acceptors (Lipinski definition) is 3. The number of benzene rings is 7. The van der Waals surface area contributed by atoms with Crippen molar-refractivity contribution in [3.05, 3.63) is 187 Å². The molecule has 3 heteroatoms. The Labute approximate surface area is 299 Å². The number of aromatic nitrogens is 3.